The summed E-state index contributed by atoms with van der Waals surface area (Å²) in [4.78, 5) is 1.94. The number of anilines is 1. The second-order valence-corrected chi connectivity index (χ2v) is 5.24. The summed E-state index contributed by atoms with van der Waals surface area (Å²) in [5, 5.41) is 0. The first-order chi connectivity index (χ1) is 8.52. The van der Waals surface area contributed by atoms with Gasteiger partial charge in [-0.25, -0.2) is 0 Å². The van der Waals surface area contributed by atoms with Crippen LogP contribution in [0.25, 0.3) is 0 Å². The van der Waals surface area contributed by atoms with Gasteiger partial charge in [0.1, 0.15) is 0 Å². The molecule has 2 rings (SSSR count). The zero-order valence-electron chi connectivity index (χ0n) is 10.7. The summed E-state index contributed by atoms with van der Waals surface area (Å²) in [6.45, 7) is 4.35. The van der Waals surface area contributed by atoms with Gasteiger partial charge in [-0.1, -0.05) is 44.2 Å². The first-order valence-corrected chi connectivity index (χ1v) is 6.73. The van der Waals surface area contributed by atoms with Gasteiger partial charge in [0.25, 0.3) is 0 Å². The number of nitrogen functional groups attached to an aromatic ring is 1. The molecule has 0 radical (unpaired) electrons. The van der Waals surface area contributed by atoms with Gasteiger partial charge in [0.15, 0.2) is 0 Å². The lowest BCUT2D eigenvalue weighted by Crippen LogP contribution is -1.87. The van der Waals surface area contributed by atoms with Crippen LogP contribution in [0, 0.1) is 0 Å². The summed E-state index contributed by atoms with van der Waals surface area (Å²) >= 11 is 8.41. The third-order valence-corrected chi connectivity index (χ3v) is 3.31. The molecule has 0 amide bonds. The highest BCUT2D eigenvalue weighted by molar-refractivity contribution is 7.80. The molecule has 0 bridgehead atoms. The molecule has 2 aromatic rings. The maximum atomic E-state index is 5.44. The average molecular weight is 277 g/mol. The van der Waals surface area contributed by atoms with E-state index in [-0.39, 0.29) is 0 Å². The molecule has 0 spiro atoms. The molecule has 0 saturated heterocycles. The summed E-state index contributed by atoms with van der Waals surface area (Å²) in [6.07, 6.45) is 0. The van der Waals surface area contributed by atoms with Crippen LogP contribution in [0.15, 0.2) is 58.3 Å². The van der Waals surface area contributed by atoms with Crippen molar-refractivity contribution >= 4 is 30.9 Å². The quantitative estimate of drug-likeness (QED) is 0.513. The van der Waals surface area contributed by atoms with Crippen molar-refractivity contribution in [3.05, 3.63) is 54.1 Å². The van der Waals surface area contributed by atoms with Crippen LogP contribution in [0.1, 0.15) is 25.3 Å². The lowest BCUT2D eigenvalue weighted by atomic mass is 10.0. The fourth-order valence-electron chi connectivity index (χ4n) is 1.46. The number of thiol groups is 2. The van der Waals surface area contributed by atoms with Gasteiger partial charge in [0.05, 0.1) is 0 Å². The first-order valence-electron chi connectivity index (χ1n) is 5.83. The van der Waals surface area contributed by atoms with Crippen molar-refractivity contribution < 1.29 is 0 Å². The Morgan fingerprint density at radius 1 is 0.833 bits per heavy atom. The Balaban J connectivity index is 0.000000184. The van der Waals surface area contributed by atoms with E-state index < -0.39 is 0 Å². The molecule has 0 saturated carbocycles. The van der Waals surface area contributed by atoms with Gasteiger partial charge in [-0.3, -0.25) is 0 Å². The van der Waals surface area contributed by atoms with Crippen molar-refractivity contribution in [1.29, 1.82) is 0 Å². The van der Waals surface area contributed by atoms with Crippen LogP contribution in [0.3, 0.4) is 0 Å². The minimum absolute atomic E-state index is 0.577. The average Bonchev–Trinajstić information content (AvgIpc) is 2.34. The Labute approximate surface area is 120 Å². The van der Waals surface area contributed by atoms with E-state index in [2.05, 4.69) is 51.2 Å². The zero-order valence-corrected chi connectivity index (χ0v) is 12.5. The summed E-state index contributed by atoms with van der Waals surface area (Å²) in [7, 11) is 0. The van der Waals surface area contributed by atoms with Crippen LogP contribution in [0.2, 0.25) is 0 Å². The van der Waals surface area contributed by atoms with E-state index >= 15 is 0 Å². The van der Waals surface area contributed by atoms with Crippen molar-refractivity contribution in [2.75, 3.05) is 5.73 Å². The monoisotopic (exact) mass is 277 g/mol. The molecule has 0 unspecified atom stereocenters. The normalized spacial score (nSPS) is 9.83. The molecule has 96 valence electrons. The van der Waals surface area contributed by atoms with Crippen molar-refractivity contribution in [2.24, 2.45) is 0 Å². The second kappa shape index (κ2) is 7.39. The molecule has 18 heavy (non-hydrogen) atoms. The number of hydrogen-bond acceptors (Lipinski definition) is 3. The predicted octanol–water partition coefficient (Wildman–Crippen LogP) is 4.66. The molecule has 0 aliphatic heterocycles. The van der Waals surface area contributed by atoms with Gasteiger partial charge in [0, 0.05) is 15.5 Å². The standard InChI is InChI=1S/C9H12S.C6H7NS/c1-7(2)8-5-3-4-6-9(8)10;7-5-3-1-2-4-6(5)8/h3-7,10H,1-2H3;1-4,8H,7H2. The van der Waals surface area contributed by atoms with Crippen LogP contribution in [0.4, 0.5) is 5.69 Å². The van der Waals surface area contributed by atoms with Crippen molar-refractivity contribution in [3.63, 3.8) is 0 Å². The van der Waals surface area contributed by atoms with Gasteiger partial charge in [-0.2, -0.15) is 0 Å². The highest BCUT2D eigenvalue weighted by atomic mass is 32.1. The number of para-hydroxylation sites is 1. The lowest BCUT2D eigenvalue weighted by Gasteiger charge is -2.06. The Kier molecular flexibility index (Phi) is 6.16. The van der Waals surface area contributed by atoms with Gasteiger partial charge < -0.3 is 5.73 Å². The third-order valence-electron chi connectivity index (χ3n) is 2.50. The molecular formula is C15H19NS2. The summed E-state index contributed by atoms with van der Waals surface area (Å²) in [5.74, 6) is 0.577. The van der Waals surface area contributed by atoms with Crippen molar-refractivity contribution in [2.45, 2.75) is 29.6 Å². The predicted molar refractivity (Wildman–Crippen MR) is 85.9 cm³/mol. The van der Waals surface area contributed by atoms with E-state index in [1.54, 1.807) is 0 Å². The molecule has 0 aliphatic carbocycles. The Morgan fingerprint density at radius 2 is 1.33 bits per heavy atom. The smallest absolute Gasteiger partial charge is 0.0449 e. The zero-order chi connectivity index (χ0) is 13.5. The number of benzene rings is 2. The number of hydrogen-bond donors (Lipinski definition) is 3. The molecule has 0 aliphatic rings. The first kappa shape index (κ1) is 15.0. The molecule has 3 heteroatoms. The maximum Gasteiger partial charge on any atom is 0.0449 e. The maximum absolute atomic E-state index is 5.44. The van der Waals surface area contributed by atoms with Gasteiger partial charge >= 0.3 is 0 Å². The highest BCUT2D eigenvalue weighted by Crippen LogP contribution is 2.21. The molecule has 0 heterocycles. The van der Waals surface area contributed by atoms with Crippen molar-refractivity contribution in [3.8, 4) is 0 Å². The fraction of sp³-hybridized carbons (Fsp3) is 0.200. The fourth-order valence-corrected chi connectivity index (χ4v) is 2.04. The van der Waals surface area contributed by atoms with Gasteiger partial charge in [-0.05, 0) is 29.7 Å². The summed E-state index contributed by atoms with van der Waals surface area (Å²) in [6, 6.07) is 15.7. The van der Waals surface area contributed by atoms with Crippen LogP contribution in [-0.4, -0.2) is 0 Å². The van der Waals surface area contributed by atoms with E-state index in [1.807, 2.05) is 36.4 Å². The van der Waals surface area contributed by atoms with E-state index in [0.717, 1.165) is 15.5 Å². The molecule has 0 aromatic heterocycles. The topological polar surface area (TPSA) is 26.0 Å². The van der Waals surface area contributed by atoms with E-state index in [4.69, 9.17) is 5.73 Å². The lowest BCUT2D eigenvalue weighted by molar-refractivity contribution is 0.843. The second-order valence-electron chi connectivity index (χ2n) is 4.27. The van der Waals surface area contributed by atoms with Gasteiger partial charge in [0.2, 0.25) is 0 Å². The van der Waals surface area contributed by atoms with E-state index in [0.29, 0.717) is 5.92 Å². The summed E-state index contributed by atoms with van der Waals surface area (Å²) < 4.78 is 0. The molecule has 0 fully saturated rings. The Morgan fingerprint density at radius 3 is 1.67 bits per heavy atom. The number of nitrogens with two attached hydrogens (primary N) is 1. The minimum Gasteiger partial charge on any atom is -0.398 e. The van der Waals surface area contributed by atoms with Crippen LogP contribution in [0.5, 0.6) is 0 Å². The van der Waals surface area contributed by atoms with Crippen molar-refractivity contribution in [1.82, 2.24) is 0 Å². The molecule has 0 atom stereocenters. The van der Waals surface area contributed by atoms with Crippen LogP contribution in [-0.2, 0) is 0 Å². The minimum atomic E-state index is 0.577. The SMILES string of the molecule is CC(C)c1ccccc1S.Nc1ccccc1S. The van der Waals surface area contributed by atoms with E-state index in [1.165, 1.54) is 5.56 Å². The van der Waals surface area contributed by atoms with Crippen LogP contribution >= 0.6 is 25.3 Å². The van der Waals surface area contributed by atoms with E-state index in [9.17, 15) is 0 Å². The molecule has 2 aromatic carbocycles. The number of rotatable bonds is 1. The Hall–Kier alpha value is -1.06. The largest absolute Gasteiger partial charge is 0.398 e. The molecule has 2 N–H and O–H groups in total. The highest BCUT2D eigenvalue weighted by Gasteiger charge is 2.00. The van der Waals surface area contributed by atoms with Crippen LogP contribution < -0.4 is 5.73 Å². The third kappa shape index (κ3) is 4.67. The van der Waals surface area contributed by atoms with Gasteiger partial charge in [-0.15, -0.1) is 25.3 Å². The summed E-state index contributed by atoms with van der Waals surface area (Å²) in [5.41, 5.74) is 7.50. The Bertz CT molecular complexity index is 474. The molecule has 1 nitrogen and oxygen atoms in total. The molecular weight excluding hydrogens is 258 g/mol.